The van der Waals surface area contributed by atoms with Crippen molar-refractivity contribution in [2.24, 2.45) is 0 Å². The molecule has 0 bridgehead atoms. The van der Waals surface area contributed by atoms with Crippen molar-refractivity contribution in [3.8, 4) is 0 Å². The first-order chi connectivity index (χ1) is 9.63. The van der Waals surface area contributed by atoms with Crippen LogP contribution in [0.2, 0.25) is 5.15 Å². The summed E-state index contributed by atoms with van der Waals surface area (Å²) < 4.78 is 1.05. The lowest BCUT2D eigenvalue weighted by molar-refractivity contribution is 0.102. The number of aryl methyl sites for hydroxylation is 1. The van der Waals surface area contributed by atoms with Crippen LogP contribution in [0.15, 0.2) is 36.5 Å². The number of carbonyl (C=O) groups excluding carboxylic acids is 1. The third kappa shape index (κ3) is 2.50. The van der Waals surface area contributed by atoms with Crippen molar-refractivity contribution in [3.05, 3.63) is 52.8 Å². The van der Waals surface area contributed by atoms with E-state index in [-0.39, 0.29) is 5.91 Å². The van der Waals surface area contributed by atoms with E-state index in [2.05, 4.69) is 15.3 Å². The van der Waals surface area contributed by atoms with Gasteiger partial charge >= 0.3 is 0 Å². The van der Waals surface area contributed by atoms with Crippen molar-refractivity contribution in [1.29, 1.82) is 0 Å². The van der Waals surface area contributed by atoms with Gasteiger partial charge in [-0.25, -0.2) is 9.97 Å². The van der Waals surface area contributed by atoms with Gasteiger partial charge in [0.05, 0.1) is 15.8 Å². The maximum Gasteiger partial charge on any atom is 0.259 e. The minimum Gasteiger partial charge on any atom is -0.298 e. The zero-order valence-electron chi connectivity index (χ0n) is 10.6. The lowest BCUT2D eigenvalue weighted by atomic mass is 10.2. The normalized spacial score (nSPS) is 10.7. The van der Waals surface area contributed by atoms with Crippen molar-refractivity contribution < 1.29 is 4.79 Å². The fraction of sp³-hybridized carbons (Fsp3) is 0.0714. The summed E-state index contributed by atoms with van der Waals surface area (Å²) in [5.74, 6) is -0.245. The smallest absolute Gasteiger partial charge is 0.259 e. The van der Waals surface area contributed by atoms with E-state index in [9.17, 15) is 4.79 Å². The Morgan fingerprint density at radius 3 is 2.85 bits per heavy atom. The van der Waals surface area contributed by atoms with Gasteiger partial charge in [0, 0.05) is 6.20 Å². The molecule has 2 aromatic heterocycles. The number of aromatic nitrogens is 2. The number of rotatable bonds is 2. The standard InChI is InChI=1S/C14H10ClN3OS/c1-8-3-2-4-10-12(8)17-14(20-10)18-13(19)9-5-6-11(15)16-7-9/h2-7H,1H3,(H,17,18,19). The molecule has 0 fully saturated rings. The Labute approximate surface area is 124 Å². The second-order valence-corrected chi connectivity index (χ2v) is 5.68. The number of amides is 1. The van der Waals surface area contributed by atoms with Crippen LogP contribution in [0.4, 0.5) is 5.13 Å². The predicted octanol–water partition coefficient (Wildman–Crippen LogP) is 3.91. The van der Waals surface area contributed by atoms with Crippen LogP contribution in [0, 0.1) is 6.92 Å². The Morgan fingerprint density at radius 2 is 2.15 bits per heavy atom. The summed E-state index contributed by atoms with van der Waals surface area (Å²) in [6, 6.07) is 9.17. The monoisotopic (exact) mass is 303 g/mol. The van der Waals surface area contributed by atoms with Gasteiger partial charge in [-0.05, 0) is 30.7 Å². The number of nitrogens with zero attached hydrogens (tertiary/aromatic N) is 2. The zero-order valence-corrected chi connectivity index (χ0v) is 12.1. The summed E-state index contributed by atoms with van der Waals surface area (Å²) in [4.78, 5) is 20.4. The van der Waals surface area contributed by atoms with Gasteiger partial charge < -0.3 is 0 Å². The van der Waals surface area contributed by atoms with Crippen molar-refractivity contribution in [1.82, 2.24) is 9.97 Å². The van der Waals surface area contributed by atoms with Gasteiger partial charge in [0.1, 0.15) is 5.15 Å². The second-order valence-electron chi connectivity index (χ2n) is 4.26. The number of halogens is 1. The molecule has 0 saturated heterocycles. The number of thiazole rings is 1. The first-order valence-electron chi connectivity index (χ1n) is 5.92. The lowest BCUT2D eigenvalue weighted by Gasteiger charge is -2.00. The molecule has 0 aliphatic rings. The van der Waals surface area contributed by atoms with E-state index >= 15 is 0 Å². The van der Waals surface area contributed by atoms with Gasteiger partial charge in [0.25, 0.3) is 5.91 Å². The molecule has 4 nitrogen and oxygen atoms in total. The van der Waals surface area contributed by atoms with Crippen LogP contribution in [-0.4, -0.2) is 15.9 Å². The van der Waals surface area contributed by atoms with Gasteiger partial charge in [-0.2, -0.15) is 0 Å². The van der Waals surface area contributed by atoms with Gasteiger partial charge in [-0.1, -0.05) is 35.1 Å². The summed E-state index contributed by atoms with van der Waals surface area (Å²) in [5, 5.41) is 3.72. The van der Waals surface area contributed by atoms with Gasteiger partial charge in [0.15, 0.2) is 5.13 Å². The first-order valence-corrected chi connectivity index (χ1v) is 7.12. The third-order valence-corrected chi connectivity index (χ3v) is 3.99. The molecule has 1 amide bonds. The van der Waals surface area contributed by atoms with Gasteiger partial charge in [-0.3, -0.25) is 10.1 Å². The minimum atomic E-state index is -0.245. The number of carbonyl (C=O) groups is 1. The molecule has 1 N–H and O–H groups in total. The highest BCUT2D eigenvalue weighted by atomic mass is 35.5. The first kappa shape index (κ1) is 13.0. The van der Waals surface area contributed by atoms with Crippen LogP contribution in [0.1, 0.15) is 15.9 Å². The van der Waals surface area contributed by atoms with Crippen LogP contribution in [-0.2, 0) is 0 Å². The van der Waals surface area contributed by atoms with Crippen LogP contribution in [0.5, 0.6) is 0 Å². The number of benzene rings is 1. The number of anilines is 1. The molecule has 1 aromatic carbocycles. The minimum absolute atomic E-state index is 0.245. The molecular formula is C14H10ClN3OS. The summed E-state index contributed by atoms with van der Waals surface area (Å²) in [6.45, 7) is 2.00. The van der Waals surface area contributed by atoms with Crippen LogP contribution in [0.3, 0.4) is 0 Å². The van der Waals surface area contributed by atoms with Gasteiger partial charge in [0.2, 0.25) is 0 Å². The van der Waals surface area contributed by atoms with E-state index in [0.29, 0.717) is 15.8 Å². The molecule has 0 spiro atoms. The van der Waals surface area contributed by atoms with Crippen LogP contribution < -0.4 is 5.32 Å². The molecule has 6 heteroatoms. The Morgan fingerprint density at radius 1 is 1.30 bits per heavy atom. The van der Waals surface area contributed by atoms with Crippen molar-refractivity contribution in [2.45, 2.75) is 6.92 Å². The fourth-order valence-corrected chi connectivity index (χ4v) is 2.87. The molecule has 2 heterocycles. The average Bonchev–Trinajstić information content (AvgIpc) is 2.83. The molecule has 0 saturated carbocycles. The Bertz CT molecular complexity index is 783. The highest BCUT2D eigenvalue weighted by Gasteiger charge is 2.11. The Balaban J connectivity index is 1.87. The SMILES string of the molecule is Cc1cccc2sc(NC(=O)c3ccc(Cl)nc3)nc12. The van der Waals surface area contributed by atoms with Crippen molar-refractivity contribution in [2.75, 3.05) is 5.32 Å². The summed E-state index contributed by atoms with van der Waals surface area (Å²) in [6.07, 6.45) is 1.44. The molecule has 0 unspecified atom stereocenters. The zero-order chi connectivity index (χ0) is 14.1. The summed E-state index contributed by atoms with van der Waals surface area (Å²) in [5.41, 5.74) is 2.46. The number of fused-ring (bicyclic) bond motifs is 1. The molecular weight excluding hydrogens is 294 g/mol. The number of hydrogen-bond donors (Lipinski definition) is 1. The van der Waals surface area contributed by atoms with Crippen molar-refractivity contribution >= 4 is 44.2 Å². The molecule has 0 atom stereocenters. The van der Waals surface area contributed by atoms with Gasteiger partial charge in [-0.15, -0.1) is 0 Å². The predicted molar refractivity (Wildman–Crippen MR) is 81.6 cm³/mol. The number of hydrogen-bond acceptors (Lipinski definition) is 4. The molecule has 3 aromatic rings. The Kier molecular flexibility index (Phi) is 3.38. The molecule has 3 rings (SSSR count). The van der Waals surface area contributed by atoms with Crippen molar-refractivity contribution in [3.63, 3.8) is 0 Å². The summed E-state index contributed by atoms with van der Waals surface area (Å²) in [7, 11) is 0. The lowest BCUT2D eigenvalue weighted by Crippen LogP contribution is -2.11. The molecule has 0 radical (unpaired) electrons. The molecule has 0 aliphatic carbocycles. The highest BCUT2D eigenvalue weighted by molar-refractivity contribution is 7.22. The second kappa shape index (κ2) is 5.19. The van der Waals surface area contributed by atoms with E-state index in [1.165, 1.54) is 17.5 Å². The topological polar surface area (TPSA) is 54.9 Å². The fourth-order valence-electron chi connectivity index (χ4n) is 1.82. The van der Waals surface area contributed by atoms with Crippen LogP contribution in [0.25, 0.3) is 10.2 Å². The average molecular weight is 304 g/mol. The Hall–Kier alpha value is -1.98. The van der Waals surface area contributed by atoms with Crippen LogP contribution >= 0.6 is 22.9 Å². The number of para-hydroxylation sites is 1. The van der Waals surface area contributed by atoms with E-state index in [0.717, 1.165) is 15.8 Å². The molecule has 100 valence electrons. The maximum absolute atomic E-state index is 12.1. The van der Waals surface area contributed by atoms with E-state index in [4.69, 9.17) is 11.6 Å². The third-order valence-electron chi connectivity index (χ3n) is 2.83. The van der Waals surface area contributed by atoms with E-state index < -0.39 is 0 Å². The highest BCUT2D eigenvalue weighted by Crippen LogP contribution is 2.28. The quantitative estimate of drug-likeness (QED) is 0.730. The molecule has 20 heavy (non-hydrogen) atoms. The number of pyridine rings is 1. The maximum atomic E-state index is 12.1. The van der Waals surface area contributed by atoms with E-state index in [1.807, 2.05) is 25.1 Å². The number of nitrogens with one attached hydrogen (secondary N) is 1. The van der Waals surface area contributed by atoms with E-state index in [1.54, 1.807) is 12.1 Å². The summed E-state index contributed by atoms with van der Waals surface area (Å²) >= 11 is 7.14. The largest absolute Gasteiger partial charge is 0.298 e. The molecule has 0 aliphatic heterocycles.